The molecule has 0 saturated carbocycles. The van der Waals surface area contributed by atoms with Crippen molar-refractivity contribution in [3.8, 4) is 0 Å². The van der Waals surface area contributed by atoms with Gasteiger partial charge >= 0.3 is 0 Å². The fraction of sp³-hybridized carbons (Fsp3) is 0.833. The van der Waals surface area contributed by atoms with Crippen molar-refractivity contribution in [2.75, 3.05) is 20.1 Å². The van der Waals surface area contributed by atoms with Crippen molar-refractivity contribution in [1.82, 2.24) is 5.32 Å². The van der Waals surface area contributed by atoms with Gasteiger partial charge in [-0.3, -0.25) is 4.99 Å². The molecule has 0 radical (unpaired) electrons. The van der Waals surface area contributed by atoms with Gasteiger partial charge in [-0.05, 0) is 13.0 Å². The summed E-state index contributed by atoms with van der Waals surface area (Å²) >= 11 is 0. The third-order valence-corrected chi connectivity index (χ3v) is 0.845. The maximum atomic E-state index is 3.82. The number of nitrogens with zero attached hydrogens (tertiary/aromatic N) is 1. The van der Waals surface area contributed by atoms with Gasteiger partial charge in [0.05, 0.1) is 0 Å². The van der Waals surface area contributed by atoms with E-state index in [1.807, 2.05) is 6.21 Å². The predicted molar refractivity (Wildman–Crippen MR) is 37.6 cm³/mol. The molecule has 8 heavy (non-hydrogen) atoms. The van der Waals surface area contributed by atoms with Crippen LogP contribution in [-0.2, 0) is 0 Å². The summed E-state index contributed by atoms with van der Waals surface area (Å²) in [4.78, 5) is 3.82. The third-order valence-electron chi connectivity index (χ3n) is 0.845. The van der Waals surface area contributed by atoms with Crippen LogP contribution >= 0.6 is 0 Å². The Balaban J connectivity index is 2.72. The van der Waals surface area contributed by atoms with E-state index in [1.165, 1.54) is 6.42 Å². The summed E-state index contributed by atoms with van der Waals surface area (Å²) in [5, 5.41) is 3.19. The standard InChI is InChI=1S/C6H14N2/c1-3-4-8-6-5-7-2/h5,8H,3-4,6H2,1-2H3. The average molecular weight is 114 g/mol. The van der Waals surface area contributed by atoms with Crippen LogP contribution in [0.15, 0.2) is 4.99 Å². The highest BCUT2D eigenvalue weighted by atomic mass is 14.9. The molecule has 1 N–H and O–H groups in total. The van der Waals surface area contributed by atoms with E-state index in [-0.39, 0.29) is 0 Å². The second-order valence-corrected chi connectivity index (χ2v) is 1.64. The van der Waals surface area contributed by atoms with Gasteiger partial charge in [0, 0.05) is 19.8 Å². The molecule has 2 heteroatoms. The number of rotatable bonds is 4. The Morgan fingerprint density at radius 1 is 1.62 bits per heavy atom. The average Bonchev–Trinajstić information content (AvgIpc) is 1.81. The largest absolute Gasteiger partial charge is 0.312 e. The zero-order chi connectivity index (χ0) is 6.24. The molecule has 0 bridgehead atoms. The maximum absolute atomic E-state index is 3.82. The van der Waals surface area contributed by atoms with Crippen LogP contribution in [0, 0.1) is 0 Å². The fourth-order valence-corrected chi connectivity index (χ4v) is 0.435. The minimum Gasteiger partial charge on any atom is -0.312 e. The van der Waals surface area contributed by atoms with Gasteiger partial charge in [0.25, 0.3) is 0 Å². The lowest BCUT2D eigenvalue weighted by molar-refractivity contribution is 0.745. The van der Waals surface area contributed by atoms with Gasteiger partial charge in [-0.2, -0.15) is 0 Å². The van der Waals surface area contributed by atoms with Crippen LogP contribution in [-0.4, -0.2) is 26.4 Å². The van der Waals surface area contributed by atoms with Crippen LogP contribution < -0.4 is 5.32 Å². The Labute approximate surface area is 51.0 Å². The number of aliphatic imine (C=N–C) groups is 1. The summed E-state index contributed by atoms with van der Waals surface area (Å²) in [6.45, 7) is 4.15. The molecule has 0 rings (SSSR count). The Morgan fingerprint density at radius 2 is 2.38 bits per heavy atom. The molecular formula is C6H14N2. The molecule has 0 saturated heterocycles. The molecule has 0 fully saturated rings. The smallest absolute Gasteiger partial charge is 0.0304 e. The highest BCUT2D eigenvalue weighted by Gasteiger charge is 1.75. The van der Waals surface area contributed by atoms with E-state index in [0.29, 0.717) is 0 Å². The van der Waals surface area contributed by atoms with Crippen LogP contribution in [0.2, 0.25) is 0 Å². The summed E-state index contributed by atoms with van der Waals surface area (Å²) in [6, 6.07) is 0. The Kier molecular flexibility index (Phi) is 6.32. The van der Waals surface area contributed by atoms with Crippen molar-refractivity contribution < 1.29 is 0 Å². The van der Waals surface area contributed by atoms with Crippen LogP contribution in [0.1, 0.15) is 13.3 Å². The first-order valence-corrected chi connectivity index (χ1v) is 3.03. The number of nitrogens with one attached hydrogen (secondary N) is 1. The molecule has 0 atom stereocenters. The topological polar surface area (TPSA) is 24.4 Å². The van der Waals surface area contributed by atoms with Crippen molar-refractivity contribution in [2.24, 2.45) is 4.99 Å². The Hall–Kier alpha value is -0.370. The minimum absolute atomic E-state index is 0.907. The summed E-state index contributed by atoms with van der Waals surface area (Å²) in [5.74, 6) is 0. The SMILES string of the molecule is CCCNCC=NC. The van der Waals surface area contributed by atoms with Crippen LogP contribution in [0.3, 0.4) is 0 Å². The molecule has 0 aliphatic heterocycles. The molecule has 48 valence electrons. The van der Waals surface area contributed by atoms with Crippen molar-refractivity contribution >= 4 is 6.21 Å². The molecule has 0 spiro atoms. The highest BCUT2D eigenvalue weighted by Crippen LogP contribution is 1.66. The molecule has 0 amide bonds. The van der Waals surface area contributed by atoms with Gasteiger partial charge in [-0.15, -0.1) is 0 Å². The second kappa shape index (κ2) is 6.63. The molecule has 0 aromatic carbocycles. The van der Waals surface area contributed by atoms with Gasteiger partial charge in [-0.1, -0.05) is 6.92 Å². The molecule has 2 nitrogen and oxygen atoms in total. The van der Waals surface area contributed by atoms with E-state index < -0.39 is 0 Å². The lowest BCUT2D eigenvalue weighted by atomic mass is 10.5. The first-order valence-electron chi connectivity index (χ1n) is 3.03. The van der Waals surface area contributed by atoms with Gasteiger partial charge in [-0.25, -0.2) is 0 Å². The van der Waals surface area contributed by atoms with Crippen molar-refractivity contribution in [3.63, 3.8) is 0 Å². The summed E-state index contributed by atoms with van der Waals surface area (Å²) in [7, 11) is 1.79. The first kappa shape index (κ1) is 7.63. The van der Waals surface area contributed by atoms with Crippen molar-refractivity contribution in [2.45, 2.75) is 13.3 Å². The zero-order valence-electron chi connectivity index (χ0n) is 5.65. The van der Waals surface area contributed by atoms with Gasteiger partial charge in [0.15, 0.2) is 0 Å². The molecule has 0 unspecified atom stereocenters. The predicted octanol–water partition coefficient (Wildman–Crippen LogP) is 0.687. The minimum atomic E-state index is 0.907. The molecule has 0 heterocycles. The second-order valence-electron chi connectivity index (χ2n) is 1.64. The molecule has 0 aliphatic carbocycles. The fourth-order valence-electron chi connectivity index (χ4n) is 0.435. The third kappa shape index (κ3) is 5.63. The van der Waals surface area contributed by atoms with E-state index in [0.717, 1.165) is 13.1 Å². The Morgan fingerprint density at radius 3 is 2.88 bits per heavy atom. The van der Waals surface area contributed by atoms with E-state index in [2.05, 4.69) is 17.2 Å². The molecular weight excluding hydrogens is 100 g/mol. The van der Waals surface area contributed by atoms with Crippen molar-refractivity contribution in [1.29, 1.82) is 0 Å². The normalized spacial score (nSPS) is 10.8. The van der Waals surface area contributed by atoms with Gasteiger partial charge < -0.3 is 5.32 Å². The number of hydrogen-bond donors (Lipinski definition) is 1. The van der Waals surface area contributed by atoms with E-state index in [4.69, 9.17) is 0 Å². The zero-order valence-corrected chi connectivity index (χ0v) is 5.65. The Bertz CT molecular complexity index is 59.5. The molecule has 0 aromatic heterocycles. The summed E-state index contributed by atoms with van der Waals surface area (Å²) < 4.78 is 0. The quantitative estimate of drug-likeness (QED) is 0.422. The van der Waals surface area contributed by atoms with E-state index >= 15 is 0 Å². The van der Waals surface area contributed by atoms with Crippen LogP contribution in [0.25, 0.3) is 0 Å². The van der Waals surface area contributed by atoms with E-state index in [9.17, 15) is 0 Å². The monoisotopic (exact) mass is 114 g/mol. The lowest BCUT2D eigenvalue weighted by Crippen LogP contribution is -2.16. The molecule has 0 aliphatic rings. The van der Waals surface area contributed by atoms with Crippen molar-refractivity contribution in [3.05, 3.63) is 0 Å². The summed E-state index contributed by atoms with van der Waals surface area (Å²) in [5.41, 5.74) is 0. The summed E-state index contributed by atoms with van der Waals surface area (Å²) in [6.07, 6.45) is 3.06. The lowest BCUT2D eigenvalue weighted by Gasteiger charge is -1.93. The van der Waals surface area contributed by atoms with E-state index in [1.54, 1.807) is 7.05 Å². The van der Waals surface area contributed by atoms with Crippen LogP contribution in [0.4, 0.5) is 0 Å². The van der Waals surface area contributed by atoms with Crippen LogP contribution in [0.5, 0.6) is 0 Å². The number of hydrogen-bond acceptors (Lipinski definition) is 2. The highest BCUT2D eigenvalue weighted by molar-refractivity contribution is 5.59. The maximum Gasteiger partial charge on any atom is 0.0304 e. The first-order chi connectivity index (χ1) is 3.91. The molecule has 0 aromatic rings. The van der Waals surface area contributed by atoms with Gasteiger partial charge in [0.2, 0.25) is 0 Å². The van der Waals surface area contributed by atoms with Gasteiger partial charge in [0.1, 0.15) is 0 Å².